The summed E-state index contributed by atoms with van der Waals surface area (Å²) < 4.78 is 12.2. The molecule has 0 atom stereocenters. The molecule has 0 fully saturated rings. The van der Waals surface area contributed by atoms with Crippen LogP contribution in [-0.2, 0) is 13.1 Å². The fourth-order valence-electron chi connectivity index (χ4n) is 0.950. The Balaban J connectivity index is 0.000000671. The zero-order valence-electron chi connectivity index (χ0n) is 8.40. The lowest BCUT2D eigenvalue weighted by Crippen LogP contribution is -1.85. The van der Waals surface area contributed by atoms with Gasteiger partial charge in [0.05, 0.1) is 0 Å². The Labute approximate surface area is 84.7 Å². The van der Waals surface area contributed by atoms with Crippen LogP contribution in [0.15, 0.2) is 18.2 Å². The van der Waals surface area contributed by atoms with Gasteiger partial charge in [-0.2, -0.15) is 0 Å². The largest absolute Gasteiger partial charge is 0.246 e. The van der Waals surface area contributed by atoms with E-state index >= 15 is 0 Å². The molecule has 0 aliphatic heterocycles. The Bertz CT molecular complexity index is 246. The highest BCUT2D eigenvalue weighted by atomic mass is 35.5. The van der Waals surface area contributed by atoms with Gasteiger partial charge < -0.3 is 0 Å². The summed E-state index contributed by atoms with van der Waals surface area (Å²) in [7, 11) is 0. The number of benzene rings is 1. The number of hydrogen-bond donors (Lipinski definition) is 0. The zero-order chi connectivity index (χ0) is 10.3. The van der Waals surface area contributed by atoms with Gasteiger partial charge in [0.2, 0.25) is 0 Å². The second-order valence-electron chi connectivity index (χ2n) is 2.41. The number of hydrogen-bond acceptors (Lipinski definition) is 0. The molecule has 0 saturated carbocycles. The molecule has 0 heterocycles. The molecule has 0 unspecified atom stereocenters. The van der Waals surface area contributed by atoms with Crippen LogP contribution in [0, 0.1) is 0 Å². The number of rotatable bonds is 2. The minimum Gasteiger partial charge on any atom is -0.246 e. The summed E-state index contributed by atoms with van der Waals surface area (Å²) in [6, 6.07) is 5.47. The maximum Gasteiger partial charge on any atom is 0.116 e. The minimum absolute atomic E-state index is 0.479. The van der Waals surface area contributed by atoms with Gasteiger partial charge in [0, 0.05) is 10.6 Å². The van der Waals surface area contributed by atoms with Crippen molar-refractivity contribution in [3.63, 3.8) is 0 Å². The summed E-state index contributed by atoms with van der Waals surface area (Å²) in [6.45, 7) is 5.55. The monoisotopic (exact) mass is 202 g/mol. The molecule has 0 nitrogen and oxygen atoms in total. The molecule has 0 aromatic heterocycles. The van der Waals surface area contributed by atoms with E-state index in [2.05, 4.69) is 0 Å². The molecule has 74 valence electrons. The van der Waals surface area contributed by atoms with Crippen LogP contribution in [0.5, 0.6) is 0 Å². The fraction of sp³-hybridized carbons (Fsp3) is 0.455. The summed E-state index contributed by atoms with van der Waals surface area (Å²) in [5.74, 6) is 0. The van der Waals surface area contributed by atoms with Crippen molar-refractivity contribution in [3.05, 3.63) is 34.3 Å². The standard InChI is InChI=1S/C9H10ClF.C2H6/c1-2-7-3-4-9(10)8(5-7)6-11;1-2/h3-5H,2,6H2,1H3;1-2H3. The van der Waals surface area contributed by atoms with Crippen LogP contribution in [0.3, 0.4) is 0 Å². The molecule has 13 heavy (non-hydrogen) atoms. The molecular formula is C11H16ClF. The first-order valence-electron chi connectivity index (χ1n) is 4.61. The molecule has 0 spiro atoms. The second-order valence-corrected chi connectivity index (χ2v) is 2.82. The summed E-state index contributed by atoms with van der Waals surface area (Å²) in [4.78, 5) is 0. The predicted octanol–water partition coefficient (Wildman–Crippen LogP) is 4.40. The quantitative estimate of drug-likeness (QED) is 0.667. The Hall–Kier alpha value is -0.560. The van der Waals surface area contributed by atoms with Gasteiger partial charge in [0.15, 0.2) is 0 Å². The molecular weight excluding hydrogens is 187 g/mol. The van der Waals surface area contributed by atoms with Crippen molar-refractivity contribution in [3.8, 4) is 0 Å². The average molecular weight is 203 g/mol. The van der Waals surface area contributed by atoms with Crippen molar-refractivity contribution in [2.45, 2.75) is 33.9 Å². The summed E-state index contributed by atoms with van der Waals surface area (Å²) in [6.07, 6.45) is 0.921. The van der Waals surface area contributed by atoms with Crippen LogP contribution in [0.1, 0.15) is 31.9 Å². The van der Waals surface area contributed by atoms with Crippen molar-refractivity contribution in [2.75, 3.05) is 0 Å². The number of alkyl halides is 1. The Morgan fingerprint density at radius 2 is 1.92 bits per heavy atom. The SMILES string of the molecule is CC.CCc1ccc(Cl)c(CF)c1. The van der Waals surface area contributed by atoms with Gasteiger partial charge in [0.1, 0.15) is 6.67 Å². The van der Waals surface area contributed by atoms with Crippen LogP contribution in [0.2, 0.25) is 5.02 Å². The van der Waals surface area contributed by atoms with E-state index in [1.807, 2.05) is 32.9 Å². The molecule has 0 aliphatic rings. The first-order chi connectivity index (χ1) is 6.27. The molecule has 1 aromatic rings. The van der Waals surface area contributed by atoms with Gasteiger partial charge in [-0.15, -0.1) is 0 Å². The topological polar surface area (TPSA) is 0 Å². The highest BCUT2D eigenvalue weighted by Gasteiger charge is 1.99. The molecule has 0 aliphatic carbocycles. The van der Waals surface area contributed by atoms with Crippen LogP contribution in [-0.4, -0.2) is 0 Å². The molecule has 0 N–H and O–H groups in total. The molecule has 0 amide bonds. The van der Waals surface area contributed by atoms with Crippen molar-refractivity contribution in [1.29, 1.82) is 0 Å². The molecule has 1 aromatic carbocycles. The number of halogens is 2. The molecule has 0 radical (unpaired) electrons. The van der Waals surface area contributed by atoms with E-state index in [1.54, 1.807) is 6.07 Å². The van der Waals surface area contributed by atoms with E-state index in [4.69, 9.17) is 11.6 Å². The first-order valence-corrected chi connectivity index (χ1v) is 4.99. The number of aryl methyl sites for hydroxylation is 1. The Morgan fingerprint density at radius 3 is 2.38 bits per heavy atom. The smallest absolute Gasteiger partial charge is 0.116 e. The fourth-order valence-corrected chi connectivity index (χ4v) is 1.12. The minimum atomic E-state index is -0.479. The highest BCUT2D eigenvalue weighted by Crippen LogP contribution is 2.18. The van der Waals surface area contributed by atoms with Crippen LogP contribution >= 0.6 is 11.6 Å². The van der Waals surface area contributed by atoms with Gasteiger partial charge in [-0.25, -0.2) is 4.39 Å². The lowest BCUT2D eigenvalue weighted by atomic mass is 10.1. The third-order valence-electron chi connectivity index (χ3n) is 1.66. The maximum atomic E-state index is 12.2. The van der Waals surface area contributed by atoms with Crippen LogP contribution in [0.25, 0.3) is 0 Å². The van der Waals surface area contributed by atoms with Crippen LogP contribution < -0.4 is 0 Å². The second kappa shape index (κ2) is 6.90. The van der Waals surface area contributed by atoms with Gasteiger partial charge in [-0.05, 0) is 18.1 Å². The highest BCUT2D eigenvalue weighted by molar-refractivity contribution is 6.31. The predicted molar refractivity (Wildman–Crippen MR) is 57.0 cm³/mol. The Kier molecular flexibility index (Phi) is 6.61. The molecule has 2 heteroatoms. The normalized spacial score (nSPS) is 9.00. The van der Waals surface area contributed by atoms with Gasteiger partial charge in [0.25, 0.3) is 0 Å². The maximum absolute atomic E-state index is 12.2. The van der Waals surface area contributed by atoms with Crippen molar-refractivity contribution in [2.24, 2.45) is 0 Å². The van der Waals surface area contributed by atoms with Crippen molar-refractivity contribution in [1.82, 2.24) is 0 Å². The zero-order valence-corrected chi connectivity index (χ0v) is 9.16. The summed E-state index contributed by atoms with van der Waals surface area (Å²) in [5, 5.41) is 0.518. The van der Waals surface area contributed by atoms with Gasteiger partial charge in [-0.3, -0.25) is 0 Å². The third kappa shape index (κ3) is 3.77. The Morgan fingerprint density at radius 1 is 1.31 bits per heavy atom. The average Bonchev–Trinajstić information content (AvgIpc) is 2.22. The molecule has 1 rings (SSSR count). The van der Waals surface area contributed by atoms with Gasteiger partial charge >= 0.3 is 0 Å². The van der Waals surface area contributed by atoms with Crippen molar-refractivity contribution >= 4 is 11.6 Å². The molecule has 0 bridgehead atoms. The van der Waals surface area contributed by atoms with E-state index < -0.39 is 6.67 Å². The first kappa shape index (κ1) is 12.4. The van der Waals surface area contributed by atoms with E-state index in [1.165, 1.54) is 0 Å². The summed E-state index contributed by atoms with van der Waals surface area (Å²) in [5.41, 5.74) is 1.72. The van der Waals surface area contributed by atoms with Gasteiger partial charge in [-0.1, -0.05) is 44.5 Å². The van der Waals surface area contributed by atoms with E-state index in [9.17, 15) is 4.39 Å². The molecule has 0 saturated heterocycles. The third-order valence-corrected chi connectivity index (χ3v) is 2.03. The van der Waals surface area contributed by atoms with Crippen LogP contribution in [0.4, 0.5) is 4.39 Å². The lowest BCUT2D eigenvalue weighted by Gasteiger charge is -2.01. The van der Waals surface area contributed by atoms with Crippen molar-refractivity contribution < 1.29 is 4.39 Å². The van der Waals surface area contributed by atoms with E-state index in [-0.39, 0.29) is 0 Å². The lowest BCUT2D eigenvalue weighted by molar-refractivity contribution is 0.485. The summed E-state index contributed by atoms with van der Waals surface area (Å²) >= 11 is 5.71. The van der Waals surface area contributed by atoms with E-state index in [0.717, 1.165) is 12.0 Å². The van der Waals surface area contributed by atoms with E-state index in [0.29, 0.717) is 10.6 Å².